The molecular formula is C13H27N3O2. The Morgan fingerprint density at radius 3 is 2.67 bits per heavy atom. The molecule has 0 aromatic rings. The van der Waals surface area contributed by atoms with Crippen LogP contribution < -0.4 is 16.0 Å². The zero-order chi connectivity index (χ0) is 13.6. The van der Waals surface area contributed by atoms with Gasteiger partial charge in [0.2, 0.25) is 5.91 Å². The average molecular weight is 257 g/mol. The van der Waals surface area contributed by atoms with Crippen LogP contribution in [0.1, 0.15) is 27.2 Å². The molecule has 1 saturated heterocycles. The van der Waals surface area contributed by atoms with Crippen molar-refractivity contribution in [2.75, 3.05) is 33.4 Å². The SMILES string of the molecule is COCCC(C)(C)CNC(=O)C1CNC(C)CN1. The number of rotatable bonds is 6. The lowest BCUT2D eigenvalue weighted by Gasteiger charge is -2.30. The quantitative estimate of drug-likeness (QED) is 0.632. The third kappa shape index (κ3) is 5.33. The smallest absolute Gasteiger partial charge is 0.238 e. The summed E-state index contributed by atoms with van der Waals surface area (Å²) in [6, 6.07) is 0.326. The van der Waals surface area contributed by atoms with Gasteiger partial charge in [-0.15, -0.1) is 0 Å². The Morgan fingerprint density at radius 2 is 2.11 bits per heavy atom. The predicted molar refractivity (Wildman–Crippen MR) is 72.5 cm³/mol. The number of amides is 1. The molecule has 18 heavy (non-hydrogen) atoms. The van der Waals surface area contributed by atoms with E-state index in [9.17, 15) is 4.79 Å². The number of hydrogen-bond acceptors (Lipinski definition) is 4. The molecule has 1 amide bonds. The van der Waals surface area contributed by atoms with E-state index in [2.05, 4.69) is 36.7 Å². The highest BCUT2D eigenvalue weighted by Crippen LogP contribution is 2.18. The molecule has 0 saturated carbocycles. The fraction of sp³-hybridized carbons (Fsp3) is 0.923. The molecule has 3 N–H and O–H groups in total. The van der Waals surface area contributed by atoms with Gasteiger partial charge < -0.3 is 20.7 Å². The summed E-state index contributed by atoms with van der Waals surface area (Å²) in [5.74, 6) is 0.0832. The topological polar surface area (TPSA) is 62.4 Å². The van der Waals surface area contributed by atoms with Gasteiger partial charge in [0.25, 0.3) is 0 Å². The lowest BCUT2D eigenvalue weighted by molar-refractivity contribution is -0.124. The van der Waals surface area contributed by atoms with Gasteiger partial charge in [0.1, 0.15) is 0 Å². The van der Waals surface area contributed by atoms with Crippen molar-refractivity contribution >= 4 is 5.91 Å². The van der Waals surface area contributed by atoms with Gasteiger partial charge in [-0.05, 0) is 18.8 Å². The zero-order valence-corrected chi connectivity index (χ0v) is 12.0. The summed E-state index contributed by atoms with van der Waals surface area (Å²) in [5, 5.41) is 9.57. The zero-order valence-electron chi connectivity index (χ0n) is 12.0. The first kappa shape index (κ1) is 15.4. The summed E-state index contributed by atoms with van der Waals surface area (Å²) in [5.41, 5.74) is 0.0705. The van der Waals surface area contributed by atoms with Crippen molar-refractivity contribution in [1.29, 1.82) is 0 Å². The molecule has 0 aromatic carbocycles. The van der Waals surface area contributed by atoms with E-state index in [4.69, 9.17) is 4.74 Å². The number of hydrogen-bond donors (Lipinski definition) is 3. The lowest BCUT2D eigenvalue weighted by atomic mass is 9.89. The van der Waals surface area contributed by atoms with Crippen LogP contribution in [0.5, 0.6) is 0 Å². The van der Waals surface area contributed by atoms with Gasteiger partial charge in [0.15, 0.2) is 0 Å². The van der Waals surface area contributed by atoms with Gasteiger partial charge in [-0.3, -0.25) is 4.79 Å². The maximum Gasteiger partial charge on any atom is 0.238 e. The second kappa shape index (κ2) is 7.07. The van der Waals surface area contributed by atoms with E-state index in [1.54, 1.807) is 7.11 Å². The average Bonchev–Trinajstić information content (AvgIpc) is 2.35. The molecule has 5 nitrogen and oxygen atoms in total. The van der Waals surface area contributed by atoms with Crippen LogP contribution in [0.25, 0.3) is 0 Å². The second-order valence-corrected chi connectivity index (χ2v) is 5.89. The van der Waals surface area contributed by atoms with Crippen molar-refractivity contribution in [3.05, 3.63) is 0 Å². The number of piperazine rings is 1. The van der Waals surface area contributed by atoms with E-state index in [0.29, 0.717) is 19.1 Å². The first-order valence-electron chi connectivity index (χ1n) is 6.68. The van der Waals surface area contributed by atoms with E-state index in [1.165, 1.54) is 0 Å². The molecule has 2 atom stereocenters. The molecule has 1 heterocycles. The molecule has 0 aliphatic carbocycles. The van der Waals surface area contributed by atoms with Crippen LogP contribution in [0.3, 0.4) is 0 Å². The van der Waals surface area contributed by atoms with Crippen LogP contribution in [-0.4, -0.2) is 51.3 Å². The highest BCUT2D eigenvalue weighted by atomic mass is 16.5. The molecule has 1 fully saturated rings. The number of nitrogens with one attached hydrogen (secondary N) is 3. The van der Waals surface area contributed by atoms with Crippen LogP contribution >= 0.6 is 0 Å². The molecule has 5 heteroatoms. The maximum atomic E-state index is 12.0. The van der Waals surface area contributed by atoms with E-state index in [1.807, 2.05) is 0 Å². The second-order valence-electron chi connectivity index (χ2n) is 5.89. The molecule has 2 unspecified atom stereocenters. The summed E-state index contributed by atoms with van der Waals surface area (Å²) in [6.45, 7) is 9.33. The molecule has 1 aliphatic heterocycles. The van der Waals surface area contributed by atoms with Crippen molar-refractivity contribution in [3.63, 3.8) is 0 Å². The van der Waals surface area contributed by atoms with Gasteiger partial charge >= 0.3 is 0 Å². The Balaban J connectivity index is 2.27. The molecule has 106 valence electrons. The molecule has 0 aromatic heterocycles. The Hall–Kier alpha value is -0.650. The molecule has 1 rings (SSSR count). The maximum absolute atomic E-state index is 12.0. The van der Waals surface area contributed by atoms with Gasteiger partial charge in [0.05, 0.1) is 6.04 Å². The number of ether oxygens (including phenoxy) is 1. The predicted octanol–water partition coefficient (Wildman–Crippen LogP) is 0.115. The van der Waals surface area contributed by atoms with Crippen molar-refractivity contribution in [2.45, 2.75) is 39.3 Å². The third-order valence-corrected chi connectivity index (χ3v) is 3.38. The Bertz CT molecular complexity index is 261. The fourth-order valence-electron chi connectivity index (χ4n) is 1.88. The minimum absolute atomic E-state index is 0.0705. The normalized spacial score (nSPS) is 24.9. The third-order valence-electron chi connectivity index (χ3n) is 3.38. The molecule has 0 radical (unpaired) electrons. The van der Waals surface area contributed by atoms with Crippen LogP contribution in [-0.2, 0) is 9.53 Å². The van der Waals surface area contributed by atoms with Gasteiger partial charge in [-0.1, -0.05) is 13.8 Å². The Morgan fingerprint density at radius 1 is 1.39 bits per heavy atom. The molecular weight excluding hydrogens is 230 g/mol. The highest BCUT2D eigenvalue weighted by molar-refractivity contribution is 5.82. The van der Waals surface area contributed by atoms with Crippen LogP contribution in [0.2, 0.25) is 0 Å². The van der Waals surface area contributed by atoms with E-state index in [0.717, 1.165) is 19.6 Å². The monoisotopic (exact) mass is 257 g/mol. The molecule has 0 spiro atoms. The number of carbonyl (C=O) groups excluding carboxylic acids is 1. The molecule has 0 bridgehead atoms. The minimum atomic E-state index is -0.112. The summed E-state index contributed by atoms with van der Waals surface area (Å²) in [6.07, 6.45) is 0.942. The summed E-state index contributed by atoms with van der Waals surface area (Å²) in [7, 11) is 1.70. The van der Waals surface area contributed by atoms with Crippen LogP contribution in [0.4, 0.5) is 0 Å². The summed E-state index contributed by atoms with van der Waals surface area (Å²) in [4.78, 5) is 12.0. The first-order valence-corrected chi connectivity index (χ1v) is 6.68. The Labute approximate surface area is 110 Å². The van der Waals surface area contributed by atoms with E-state index in [-0.39, 0.29) is 17.4 Å². The lowest BCUT2D eigenvalue weighted by Crippen LogP contribution is -2.59. The number of methoxy groups -OCH3 is 1. The largest absolute Gasteiger partial charge is 0.385 e. The van der Waals surface area contributed by atoms with Crippen LogP contribution in [0, 0.1) is 5.41 Å². The van der Waals surface area contributed by atoms with Crippen molar-refractivity contribution in [2.24, 2.45) is 5.41 Å². The highest BCUT2D eigenvalue weighted by Gasteiger charge is 2.25. The standard InChI is InChI=1S/C13H27N3O2/c1-10-7-15-11(8-14-10)12(17)16-9-13(2,3)5-6-18-4/h10-11,14-15H,5-9H2,1-4H3,(H,16,17). The fourth-order valence-corrected chi connectivity index (χ4v) is 1.88. The summed E-state index contributed by atoms with van der Waals surface area (Å²) < 4.78 is 5.08. The van der Waals surface area contributed by atoms with Gasteiger partial charge in [0, 0.05) is 39.4 Å². The van der Waals surface area contributed by atoms with Gasteiger partial charge in [-0.2, -0.15) is 0 Å². The van der Waals surface area contributed by atoms with Crippen molar-refractivity contribution in [1.82, 2.24) is 16.0 Å². The Kier molecular flexibility index (Phi) is 6.05. The van der Waals surface area contributed by atoms with Crippen molar-refractivity contribution in [3.8, 4) is 0 Å². The minimum Gasteiger partial charge on any atom is -0.385 e. The molecule has 1 aliphatic rings. The summed E-state index contributed by atoms with van der Waals surface area (Å²) >= 11 is 0. The van der Waals surface area contributed by atoms with Gasteiger partial charge in [-0.25, -0.2) is 0 Å². The first-order chi connectivity index (χ1) is 8.44. The number of carbonyl (C=O) groups is 1. The van der Waals surface area contributed by atoms with E-state index >= 15 is 0 Å². The van der Waals surface area contributed by atoms with E-state index < -0.39 is 0 Å². The van der Waals surface area contributed by atoms with Crippen LogP contribution in [0.15, 0.2) is 0 Å². The van der Waals surface area contributed by atoms with Crippen molar-refractivity contribution < 1.29 is 9.53 Å².